The second-order valence-electron chi connectivity index (χ2n) is 3.82. The monoisotopic (exact) mass is 259 g/mol. The van der Waals surface area contributed by atoms with Gasteiger partial charge < -0.3 is 20.1 Å². The van der Waals surface area contributed by atoms with Crippen LogP contribution in [0.15, 0.2) is 0 Å². The van der Waals surface area contributed by atoms with Gasteiger partial charge in [-0.25, -0.2) is 0 Å². The Morgan fingerprint density at radius 1 is 1.44 bits per heavy atom. The molecule has 0 aromatic carbocycles. The van der Waals surface area contributed by atoms with Gasteiger partial charge in [-0.1, -0.05) is 0 Å². The molecule has 1 aliphatic rings. The number of hydrogen-bond acceptors (Lipinski definition) is 5. The SMILES string of the molecule is CCOC(CNC(=O)C1CNC(=O)CN1)OCC. The van der Waals surface area contributed by atoms with Crippen molar-refractivity contribution in [1.29, 1.82) is 0 Å². The minimum atomic E-state index is -0.429. The molecular formula is C11H21N3O4. The van der Waals surface area contributed by atoms with Gasteiger partial charge in [-0.05, 0) is 13.8 Å². The number of ether oxygens (including phenoxy) is 2. The molecule has 7 nitrogen and oxygen atoms in total. The fourth-order valence-electron chi connectivity index (χ4n) is 1.60. The molecular weight excluding hydrogens is 238 g/mol. The van der Waals surface area contributed by atoms with Gasteiger partial charge >= 0.3 is 0 Å². The highest BCUT2D eigenvalue weighted by Gasteiger charge is 2.24. The third kappa shape index (κ3) is 4.99. The Balaban J connectivity index is 2.28. The van der Waals surface area contributed by atoms with Crippen molar-refractivity contribution < 1.29 is 19.1 Å². The van der Waals surface area contributed by atoms with Crippen molar-refractivity contribution in [2.75, 3.05) is 32.8 Å². The summed E-state index contributed by atoms with van der Waals surface area (Å²) in [5.74, 6) is -0.264. The van der Waals surface area contributed by atoms with Crippen molar-refractivity contribution >= 4 is 11.8 Å². The van der Waals surface area contributed by atoms with Gasteiger partial charge in [-0.2, -0.15) is 0 Å². The van der Waals surface area contributed by atoms with E-state index in [0.717, 1.165) is 0 Å². The van der Waals surface area contributed by atoms with Crippen LogP contribution in [0.3, 0.4) is 0 Å². The molecule has 2 amide bonds. The first kappa shape index (κ1) is 14.9. The quantitative estimate of drug-likeness (QED) is 0.489. The molecule has 0 aromatic heterocycles. The van der Waals surface area contributed by atoms with E-state index in [1.54, 1.807) is 0 Å². The summed E-state index contributed by atoms with van der Waals surface area (Å²) in [6.45, 7) is 5.55. The Morgan fingerprint density at radius 2 is 2.11 bits per heavy atom. The number of rotatable bonds is 7. The summed E-state index contributed by atoms with van der Waals surface area (Å²) >= 11 is 0. The van der Waals surface area contributed by atoms with E-state index in [0.29, 0.717) is 26.3 Å². The average molecular weight is 259 g/mol. The molecule has 1 fully saturated rings. The maximum absolute atomic E-state index is 11.8. The number of carbonyl (C=O) groups is 2. The Labute approximate surface area is 107 Å². The van der Waals surface area contributed by atoms with E-state index in [2.05, 4.69) is 16.0 Å². The third-order valence-electron chi connectivity index (χ3n) is 2.48. The molecule has 1 unspecified atom stereocenters. The van der Waals surface area contributed by atoms with Crippen LogP contribution in [0.4, 0.5) is 0 Å². The van der Waals surface area contributed by atoms with Gasteiger partial charge in [0.2, 0.25) is 11.8 Å². The van der Waals surface area contributed by atoms with Crippen molar-refractivity contribution in [3.05, 3.63) is 0 Å². The molecule has 7 heteroatoms. The Kier molecular flexibility index (Phi) is 6.63. The van der Waals surface area contributed by atoms with Crippen molar-refractivity contribution in [2.45, 2.75) is 26.2 Å². The predicted octanol–water partition coefficient (Wildman–Crippen LogP) is -1.41. The minimum Gasteiger partial charge on any atom is -0.353 e. The summed E-state index contributed by atoms with van der Waals surface area (Å²) in [4.78, 5) is 22.7. The molecule has 1 aliphatic heterocycles. The van der Waals surface area contributed by atoms with Crippen LogP contribution in [0.2, 0.25) is 0 Å². The molecule has 18 heavy (non-hydrogen) atoms. The van der Waals surface area contributed by atoms with Crippen molar-refractivity contribution in [3.8, 4) is 0 Å². The van der Waals surface area contributed by atoms with Crippen LogP contribution in [-0.2, 0) is 19.1 Å². The van der Waals surface area contributed by atoms with Gasteiger partial charge in [0.1, 0.15) is 6.04 Å². The van der Waals surface area contributed by atoms with Crippen molar-refractivity contribution in [1.82, 2.24) is 16.0 Å². The molecule has 1 saturated heterocycles. The largest absolute Gasteiger partial charge is 0.353 e. The zero-order valence-electron chi connectivity index (χ0n) is 10.8. The topological polar surface area (TPSA) is 88.7 Å². The van der Waals surface area contributed by atoms with Gasteiger partial charge in [-0.15, -0.1) is 0 Å². The van der Waals surface area contributed by atoms with E-state index in [-0.39, 0.29) is 18.4 Å². The Morgan fingerprint density at radius 3 is 2.61 bits per heavy atom. The molecule has 0 aromatic rings. The second kappa shape index (κ2) is 8.02. The molecule has 0 spiro atoms. The molecule has 3 N–H and O–H groups in total. The van der Waals surface area contributed by atoms with Crippen LogP contribution in [-0.4, -0.2) is 57.0 Å². The van der Waals surface area contributed by atoms with E-state index in [9.17, 15) is 9.59 Å². The zero-order valence-corrected chi connectivity index (χ0v) is 10.8. The lowest BCUT2D eigenvalue weighted by molar-refractivity contribution is -0.141. The number of nitrogens with one attached hydrogen (secondary N) is 3. The van der Waals surface area contributed by atoms with Crippen LogP contribution >= 0.6 is 0 Å². The van der Waals surface area contributed by atoms with Gasteiger partial charge in [0.05, 0.1) is 13.1 Å². The maximum atomic E-state index is 11.8. The highest BCUT2D eigenvalue weighted by molar-refractivity contribution is 5.86. The summed E-state index contributed by atoms with van der Waals surface area (Å²) in [7, 11) is 0. The third-order valence-corrected chi connectivity index (χ3v) is 2.48. The smallest absolute Gasteiger partial charge is 0.239 e. The van der Waals surface area contributed by atoms with Crippen molar-refractivity contribution in [3.63, 3.8) is 0 Å². The van der Waals surface area contributed by atoms with E-state index in [1.165, 1.54) is 0 Å². The van der Waals surface area contributed by atoms with Gasteiger partial charge in [0.15, 0.2) is 6.29 Å². The Bertz CT molecular complexity index is 269. The lowest BCUT2D eigenvalue weighted by Gasteiger charge is -2.24. The number of hydrogen-bond donors (Lipinski definition) is 3. The van der Waals surface area contributed by atoms with Crippen LogP contribution in [0.1, 0.15) is 13.8 Å². The van der Waals surface area contributed by atoms with Crippen LogP contribution in [0, 0.1) is 0 Å². The number of carbonyl (C=O) groups excluding carboxylic acids is 2. The highest BCUT2D eigenvalue weighted by atomic mass is 16.7. The molecule has 0 bridgehead atoms. The van der Waals surface area contributed by atoms with Crippen LogP contribution < -0.4 is 16.0 Å². The molecule has 1 rings (SSSR count). The number of piperazine rings is 1. The van der Waals surface area contributed by atoms with E-state index >= 15 is 0 Å². The highest BCUT2D eigenvalue weighted by Crippen LogP contribution is 1.95. The zero-order chi connectivity index (χ0) is 13.4. The standard InChI is InChI=1S/C11H21N3O4/c1-3-17-10(18-4-2)7-14-11(16)8-5-13-9(15)6-12-8/h8,10,12H,3-7H2,1-2H3,(H,13,15)(H,14,16). The summed E-state index contributed by atoms with van der Waals surface area (Å²) in [6.07, 6.45) is -0.429. The summed E-state index contributed by atoms with van der Waals surface area (Å²) in [5, 5.41) is 8.21. The lowest BCUT2D eigenvalue weighted by Crippen LogP contribution is -2.58. The molecule has 1 heterocycles. The Hall–Kier alpha value is -1.18. The van der Waals surface area contributed by atoms with Crippen LogP contribution in [0.5, 0.6) is 0 Å². The van der Waals surface area contributed by atoms with Crippen molar-refractivity contribution in [2.24, 2.45) is 0 Å². The fraction of sp³-hybridized carbons (Fsp3) is 0.818. The normalized spacial score (nSPS) is 19.7. The second-order valence-corrected chi connectivity index (χ2v) is 3.82. The summed E-state index contributed by atoms with van der Waals surface area (Å²) < 4.78 is 10.6. The molecule has 0 radical (unpaired) electrons. The lowest BCUT2D eigenvalue weighted by atomic mass is 10.2. The summed E-state index contributed by atoms with van der Waals surface area (Å²) in [6, 6.07) is -0.397. The predicted molar refractivity (Wildman–Crippen MR) is 64.9 cm³/mol. The molecule has 0 aliphatic carbocycles. The minimum absolute atomic E-state index is 0.0967. The molecule has 0 saturated carbocycles. The van der Waals surface area contributed by atoms with Gasteiger partial charge in [0.25, 0.3) is 0 Å². The average Bonchev–Trinajstić information content (AvgIpc) is 2.37. The summed E-state index contributed by atoms with van der Waals surface area (Å²) in [5.41, 5.74) is 0. The number of amides is 2. The fourth-order valence-corrected chi connectivity index (χ4v) is 1.60. The first-order valence-corrected chi connectivity index (χ1v) is 6.18. The maximum Gasteiger partial charge on any atom is 0.239 e. The first-order valence-electron chi connectivity index (χ1n) is 6.18. The molecule has 1 atom stereocenters. The van der Waals surface area contributed by atoms with E-state index < -0.39 is 12.3 Å². The van der Waals surface area contributed by atoms with Crippen LogP contribution in [0.25, 0.3) is 0 Å². The molecule has 104 valence electrons. The van der Waals surface area contributed by atoms with E-state index in [4.69, 9.17) is 9.47 Å². The van der Waals surface area contributed by atoms with Gasteiger partial charge in [0, 0.05) is 19.8 Å². The first-order chi connectivity index (χ1) is 8.67. The van der Waals surface area contributed by atoms with E-state index in [1.807, 2.05) is 13.8 Å². The van der Waals surface area contributed by atoms with Gasteiger partial charge in [-0.3, -0.25) is 14.9 Å².